The van der Waals surface area contributed by atoms with E-state index in [1.807, 2.05) is 18.2 Å². The lowest BCUT2D eigenvalue weighted by Gasteiger charge is -2.26. The quantitative estimate of drug-likeness (QED) is 0.0692. The summed E-state index contributed by atoms with van der Waals surface area (Å²) in [4.78, 5) is 2.31. The first kappa shape index (κ1) is 43.1. The van der Waals surface area contributed by atoms with Crippen LogP contribution < -0.4 is 4.90 Å². The molecule has 0 fully saturated rings. The van der Waals surface area contributed by atoms with Crippen LogP contribution in [0.3, 0.4) is 0 Å². The van der Waals surface area contributed by atoms with Gasteiger partial charge in [-0.1, -0.05) is 273 Å². The summed E-state index contributed by atoms with van der Waals surface area (Å²) in [5.41, 5.74) is 14.9. The molecular formula is C64H51N. The van der Waals surface area contributed by atoms with Crippen molar-refractivity contribution in [2.24, 2.45) is 0 Å². The summed E-state index contributed by atoms with van der Waals surface area (Å²) in [7, 11) is 0. The largest absolute Gasteiger partial charge is 0.311 e. The zero-order valence-electron chi connectivity index (χ0n) is 36.4. The third kappa shape index (κ3) is 13.5. The van der Waals surface area contributed by atoms with Crippen molar-refractivity contribution in [2.45, 2.75) is 0 Å². The second kappa shape index (κ2) is 23.1. The molecule has 0 radical (unpaired) electrons. The van der Waals surface area contributed by atoms with Crippen LogP contribution in [0.15, 0.2) is 249 Å². The molecule has 8 rings (SSSR count). The SMILES string of the molecule is C(/C=C/c1ccc(/C=C/c2ccc(N(c3ccc(/C=C/C=C/c4ccccc4)cc3)c3ccc(/C=C/c4ccc(/C=C/C=C/c5ccccc5)cc4)cc3)cc2)cc1)=C\c1ccccc1. The van der Waals surface area contributed by atoms with Gasteiger partial charge in [0.05, 0.1) is 0 Å². The van der Waals surface area contributed by atoms with E-state index in [9.17, 15) is 0 Å². The van der Waals surface area contributed by atoms with Crippen LogP contribution in [-0.2, 0) is 0 Å². The fourth-order valence-corrected chi connectivity index (χ4v) is 7.16. The standard InChI is InChI=1S/C64H51N/c1-4-16-52(17-5-1)22-10-13-25-55-28-32-58(33-29-55)36-38-60-42-48-63(49-43-60)65(62-46-40-57(41-47-62)27-15-12-24-54-20-8-3-9-21-54)64-50-44-61(45-51-64)39-37-59-34-30-56(31-35-59)26-14-11-23-53-18-6-2-7-19-53/h1-51H/b22-10+,23-11+,24-12+,25-13+,26-14+,27-15+,38-36+,39-37+. The predicted octanol–water partition coefficient (Wildman–Crippen LogP) is 17.7. The Labute approximate surface area is 385 Å². The Morgan fingerprint density at radius 1 is 0.169 bits per heavy atom. The first-order valence-electron chi connectivity index (χ1n) is 22.1. The molecular weight excluding hydrogens is 783 g/mol. The van der Waals surface area contributed by atoms with E-state index >= 15 is 0 Å². The van der Waals surface area contributed by atoms with E-state index in [1.165, 1.54) is 27.8 Å². The third-order valence-corrected chi connectivity index (χ3v) is 10.7. The van der Waals surface area contributed by atoms with Gasteiger partial charge in [0.15, 0.2) is 0 Å². The molecule has 0 amide bonds. The van der Waals surface area contributed by atoms with Crippen LogP contribution in [0.2, 0.25) is 0 Å². The highest BCUT2D eigenvalue weighted by atomic mass is 15.1. The van der Waals surface area contributed by atoms with Crippen molar-refractivity contribution >= 4 is 77.8 Å². The molecule has 0 bridgehead atoms. The zero-order chi connectivity index (χ0) is 44.1. The van der Waals surface area contributed by atoms with Crippen LogP contribution in [0.1, 0.15) is 55.6 Å². The van der Waals surface area contributed by atoms with Crippen molar-refractivity contribution in [2.75, 3.05) is 4.90 Å². The topological polar surface area (TPSA) is 3.24 Å². The van der Waals surface area contributed by atoms with Crippen molar-refractivity contribution in [3.05, 3.63) is 304 Å². The van der Waals surface area contributed by atoms with E-state index in [-0.39, 0.29) is 0 Å². The van der Waals surface area contributed by atoms with Gasteiger partial charge >= 0.3 is 0 Å². The predicted molar refractivity (Wildman–Crippen MR) is 285 cm³/mol. The molecule has 65 heavy (non-hydrogen) atoms. The average molecular weight is 834 g/mol. The molecule has 8 aromatic carbocycles. The maximum atomic E-state index is 2.31. The summed E-state index contributed by atoms with van der Waals surface area (Å²) in [5.74, 6) is 0. The van der Waals surface area contributed by atoms with Crippen molar-refractivity contribution in [3.8, 4) is 0 Å². The molecule has 0 N–H and O–H groups in total. The molecule has 1 nitrogen and oxygen atoms in total. The highest BCUT2D eigenvalue weighted by Gasteiger charge is 2.12. The second-order valence-corrected chi connectivity index (χ2v) is 15.5. The molecule has 0 saturated carbocycles. The molecule has 8 aromatic rings. The van der Waals surface area contributed by atoms with E-state index in [2.05, 4.69) is 296 Å². The van der Waals surface area contributed by atoms with Gasteiger partial charge in [-0.2, -0.15) is 0 Å². The number of hydrogen-bond donors (Lipinski definition) is 0. The average Bonchev–Trinajstić information content (AvgIpc) is 3.37. The van der Waals surface area contributed by atoms with Gasteiger partial charge in [-0.3, -0.25) is 0 Å². The van der Waals surface area contributed by atoms with Crippen molar-refractivity contribution in [1.29, 1.82) is 0 Å². The lowest BCUT2D eigenvalue weighted by Crippen LogP contribution is -2.09. The number of hydrogen-bond acceptors (Lipinski definition) is 1. The van der Waals surface area contributed by atoms with Crippen molar-refractivity contribution < 1.29 is 0 Å². The summed E-state index contributed by atoms with van der Waals surface area (Å²) < 4.78 is 0. The summed E-state index contributed by atoms with van der Waals surface area (Å²) >= 11 is 0. The zero-order valence-corrected chi connectivity index (χ0v) is 36.4. The Morgan fingerprint density at radius 3 is 0.554 bits per heavy atom. The van der Waals surface area contributed by atoms with Crippen LogP contribution in [0.25, 0.3) is 60.8 Å². The lowest BCUT2D eigenvalue weighted by atomic mass is 10.1. The fourth-order valence-electron chi connectivity index (χ4n) is 7.16. The van der Waals surface area contributed by atoms with Crippen molar-refractivity contribution in [3.63, 3.8) is 0 Å². The number of nitrogens with zero attached hydrogens (tertiary/aromatic N) is 1. The van der Waals surface area contributed by atoms with Gasteiger partial charge in [-0.15, -0.1) is 0 Å². The molecule has 0 aromatic heterocycles. The van der Waals surface area contributed by atoms with Gasteiger partial charge in [0.25, 0.3) is 0 Å². The summed E-state index contributed by atoms with van der Waals surface area (Å²) in [6.07, 6.45) is 33.9. The van der Waals surface area contributed by atoms with E-state index in [0.29, 0.717) is 0 Å². The van der Waals surface area contributed by atoms with E-state index < -0.39 is 0 Å². The van der Waals surface area contributed by atoms with Crippen LogP contribution in [0.4, 0.5) is 17.1 Å². The first-order valence-corrected chi connectivity index (χ1v) is 22.1. The van der Waals surface area contributed by atoms with Crippen LogP contribution in [0, 0.1) is 0 Å². The van der Waals surface area contributed by atoms with Crippen LogP contribution >= 0.6 is 0 Å². The van der Waals surface area contributed by atoms with Crippen LogP contribution in [0.5, 0.6) is 0 Å². The number of benzene rings is 8. The Hall–Kier alpha value is -8.52. The molecule has 1 heteroatoms. The summed E-state index contributed by atoms with van der Waals surface area (Å²) in [5, 5.41) is 0. The number of rotatable bonds is 16. The molecule has 0 spiro atoms. The monoisotopic (exact) mass is 833 g/mol. The molecule has 0 aliphatic carbocycles. The molecule has 0 heterocycles. The minimum Gasteiger partial charge on any atom is -0.311 e. The molecule has 0 aliphatic rings. The smallest absolute Gasteiger partial charge is 0.0462 e. The number of anilines is 3. The third-order valence-electron chi connectivity index (χ3n) is 10.7. The summed E-state index contributed by atoms with van der Waals surface area (Å²) in [6, 6.07) is 74.6. The molecule has 312 valence electrons. The normalized spacial score (nSPS) is 12.1. The fraction of sp³-hybridized carbons (Fsp3) is 0. The van der Waals surface area contributed by atoms with Gasteiger partial charge in [-0.05, 0) is 92.0 Å². The Balaban J connectivity index is 0.950. The van der Waals surface area contributed by atoms with Crippen LogP contribution in [-0.4, -0.2) is 0 Å². The van der Waals surface area contributed by atoms with Gasteiger partial charge < -0.3 is 4.90 Å². The van der Waals surface area contributed by atoms with E-state index in [1.54, 1.807) is 0 Å². The minimum atomic E-state index is 1.08. The summed E-state index contributed by atoms with van der Waals surface area (Å²) in [6.45, 7) is 0. The van der Waals surface area contributed by atoms with E-state index in [0.717, 1.165) is 44.9 Å². The second-order valence-electron chi connectivity index (χ2n) is 15.5. The maximum absolute atomic E-state index is 2.31. The Kier molecular flexibility index (Phi) is 15.3. The van der Waals surface area contributed by atoms with Gasteiger partial charge in [0.2, 0.25) is 0 Å². The van der Waals surface area contributed by atoms with Gasteiger partial charge in [0, 0.05) is 17.1 Å². The highest BCUT2D eigenvalue weighted by molar-refractivity contribution is 5.80. The van der Waals surface area contributed by atoms with Gasteiger partial charge in [-0.25, -0.2) is 0 Å². The molecule has 0 saturated heterocycles. The minimum absolute atomic E-state index is 1.08. The van der Waals surface area contributed by atoms with Gasteiger partial charge in [0.1, 0.15) is 0 Å². The molecule has 0 atom stereocenters. The van der Waals surface area contributed by atoms with Crippen molar-refractivity contribution in [1.82, 2.24) is 0 Å². The maximum Gasteiger partial charge on any atom is 0.0462 e. The highest BCUT2D eigenvalue weighted by Crippen LogP contribution is 2.35. The first-order chi connectivity index (χ1) is 32.2. The molecule has 0 aliphatic heterocycles. The number of allylic oxidation sites excluding steroid dienone is 6. The lowest BCUT2D eigenvalue weighted by molar-refractivity contribution is 1.28. The molecule has 0 unspecified atom stereocenters. The Bertz CT molecular complexity index is 2770. The van der Waals surface area contributed by atoms with E-state index in [4.69, 9.17) is 0 Å². The Morgan fingerprint density at radius 2 is 0.338 bits per heavy atom.